The predicted octanol–water partition coefficient (Wildman–Crippen LogP) is 3.58. The lowest BCUT2D eigenvalue weighted by atomic mass is 10.1. The van der Waals surface area contributed by atoms with Crippen LogP contribution in [-0.4, -0.2) is 54.7 Å². The number of fused-ring (bicyclic) bond motifs is 1. The average Bonchev–Trinajstić information content (AvgIpc) is 3.12. The average molecular weight is 432 g/mol. The fourth-order valence-corrected chi connectivity index (χ4v) is 5.72. The van der Waals surface area contributed by atoms with Gasteiger partial charge in [0.05, 0.1) is 5.02 Å². The highest BCUT2D eigenvalue weighted by atomic mass is 35.5. The zero-order chi connectivity index (χ0) is 20.8. The molecule has 1 saturated heterocycles. The Morgan fingerprint density at radius 2 is 1.72 bits per heavy atom. The van der Waals surface area contributed by atoms with Crippen molar-refractivity contribution >= 4 is 38.4 Å². The monoisotopic (exact) mass is 431 g/mol. The van der Waals surface area contributed by atoms with Gasteiger partial charge in [0.2, 0.25) is 10.0 Å². The number of benzene rings is 2. The number of hydrogen-bond donors (Lipinski definition) is 1. The third-order valence-corrected chi connectivity index (χ3v) is 7.70. The Morgan fingerprint density at radius 3 is 2.41 bits per heavy atom. The first-order chi connectivity index (χ1) is 13.8. The smallest absolute Gasteiger partial charge is 0.270 e. The molecule has 0 spiro atoms. The van der Waals surface area contributed by atoms with Crippen LogP contribution in [0.5, 0.6) is 0 Å². The minimum atomic E-state index is -3.68. The normalized spacial score (nSPS) is 15.8. The molecule has 152 valence electrons. The number of H-pyrrole nitrogens is 1. The van der Waals surface area contributed by atoms with Crippen LogP contribution in [0, 0.1) is 13.8 Å². The Hall–Kier alpha value is -2.35. The van der Waals surface area contributed by atoms with E-state index < -0.39 is 10.0 Å². The van der Waals surface area contributed by atoms with Gasteiger partial charge in [-0.25, -0.2) is 8.42 Å². The van der Waals surface area contributed by atoms with Crippen LogP contribution in [0.15, 0.2) is 47.4 Å². The highest BCUT2D eigenvalue weighted by Gasteiger charge is 2.32. The first-order valence-corrected chi connectivity index (χ1v) is 11.2. The summed E-state index contributed by atoms with van der Waals surface area (Å²) in [5, 5.41) is 1.23. The Balaban J connectivity index is 1.50. The number of carbonyl (C=O) groups excluding carboxylic acids is 1. The Labute approximate surface area is 175 Å². The molecule has 1 aliphatic heterocycles. The fraction of sp³-hybridized carbons (Fsp3) is 0.286. The van der Waals surface area contributed by atoms with Crippen molar-refractivity contribution in [1.82, 2.24) is 14.2 Å². The quantitative estimate of drug-likeness (QED) is 0.688. The zero-order valence-electron chi connectivity index (χ0n) is 16.3. The van der Waals surface area contributed by atoms with E-state index in [9.17, 15) is 13.2 Å². The van der Waals surface area contributed by atoms with Crippen LogP contribution in [0.2, 0.25) is 5.02 Å². The highest BCUT2D eigenvalue weighted by Crippen LogP contribution is 2.26. The van der Waals surface area contributed by atoms with Crippen molar-refractivity contribution in [2.75, 3.05) is 26.2 Å². The first-order valence-electron chi connectivity index (χ1n) is 9.41. The number of nitrogens with zero attached hydrogens (tertiary/aromatic N) is 2. The number of nitrogens with one attached hydrogen (secondary N) is 1. The summed E-state index contributed by atoms with van der Waals surface area (Å²) in [6.07, 6.45) is 0. The molecular formula is C21H22ClN3O3S. The second-order valence-electron chi connectivity index (χ2n) is 7.35. The number of amides is 1. The van der Waals surface area contributed by atoms with Crippen molar-refractivity contribution in [3.8, 4) is 0 Å². The van der Waals surface area contributed by atoms with Gasteiger partial charge in [0.1, 0.15) is 10.6 Å². The molecule has 4 rings (SSSR count). The maximum absolute atomic E-state index is 13.0. The van der Waals surface area contributed by atoms with E-state index in [1.54, 1.807) is 23.1 Å². The summed E-state index contributed by atoms with van der Waals surface area (Å²) < 4.78 is 27.1. The van der Waals surface area contributed by atoms with Crippen LogP contribution in [0.1, 0.15) is 21.6 Å². The summed E-state index contributed by atoms with van der Waals surface area (Å²) in [7, 11) is -3.68. The van der Waals surface area contributed by atoms with Gasteiger partial charge in [-0.05, 0) is 49.2 Å². The van der Waals surface area contributed by atoms with E-state index >= 15 is 0 Å². The number of carbonyl (C=O) groups is 1. The molecule has 6 nitrogen and oxygen atoms in total. The van der Waals surface area contributed by atoms with E-state index in [1.165, 1.54) is 10.4 Å². The molecule has 2 aromatic carbocycles. The summed E-state index contributed by atoms with van der Waals surface area (Å²) in [6.45, 7) is 5.17. The summed E-state index contributed by atoms with van der Waals surface area (Å²) >= 11 is 6.08. The van der Waals surface area contributed by atoms with E-state index in [2.05, 4.69) is 11.1 Å². The second kappa shape index (κ2) is 7.48. The van der Waals surface area contributed by atoms with Crippen molar-refractivity contribution in [2.45, 2.75) is 18.7 Å². The van der Waals surface area contributed by atoms with Crippen molar-refractivity contribution in [1.29, 1.82) is 0 Å². The van der Waals surface area contributed by atoms with Crippen LogP contribution < -0.4 is 0 Å². The number of aromatic amines is 1. The topological polar surface area (TPSA) is 73.5 Å². The van der Waals surface area contributed by atoms with E-state index in [1.807, 2.05) is 26.0 Å². The van der Waals surface area contributed by atoms with Gasteiger partial charge in [-0.1, -0.05) is 29.8 Å². The fourth-order valence-electron chi connectivity index (χ4n) is 3.81. The van der Waals surface area contributed by atoms with Crippen molar-refractivity contribution in [3.63, 3.8) is 0 Å². The molecule has 1 fully saturated rings. The molecule has 29 heavy (non-hydrogen) atoms. The van der Waals surface area contributed by atoms with Gasteiger partial charge in [0, 0.05) is 37.1 Å². The SMILES string of the molecule is Cc1cc(C)c2cc(C(=O)N3CCN(S(=O)(=O)c4ccccc4Cl)CC3)[nH]c2c1. The molecule has 8 heteroatoms. The molecule has 0 aliphatic carbocycles. The van der Waals surface area contributed by atoms with E-state index in [4.69, 9.17) is 11.6 Å². The van der Waals surface area contributed by atoms with Gasteiger partial charge in [-0.3, -0.25) is 4.79 Å². The summed E-state index contributed by atoms with van der Waals surface area (Å²) in [6, 6.07) is 12.4. The minimum Gasteiger partial charge on any atom is -0.351 e. The van der Waals surface area contributed by atoms with Crippen molar-refractivity contribution < 1.29 is 13.2 Å². The summed E-state index contributed by atoms with van der Waals surface area (Å²) in [5.41, 5.74) is 3.71. The second-order valence-corrected chi connectivity index (χ2v) is 9.67. The van der Waals surface area contributed by atoms with Gasteiger partial charge in [-0.15, -0.1) is 0 Å². The number of halogens is 1. The van der Waals surface area contributed by atoms with Crippen molar-refractivity contribution in [2.24, 2.45) is 0 Å². The van der Waals surface area contributed by atoms with Crippen LogP contribution in [0.25, 0.3) is 10.9 Å². The van der Waals surface area contributed by atoms with Crippen LogP contribution in [0.4, 0.5) is 0 Å². The third kappa shape index (κ3) is 3.66. The molecule has 0 unspecified atom stereocenters. The summed E-state index contributed by atoms with van der Waals surface area (Å²) in [5.74, 6) is -0.118. The zero-order valence-corrected chi connectivity index (χ0v) is 17.8. The minimum absolute atomic E-state index is 0.0999. The molecule has 3 aromatic rings. The molecular weight excluding hydrogens is 410 g/mol. The Bertz CT molecular complexity index is 1200. The molecule has 0 saturated carbocycles. The van der Waals surface area contributed by atoms with E-state index in [0.717, 1.165) is 22.0 Å². The molecule has 1 aliphatic rings. The standard InChI is InChI=1S/C21H22ClN3O3S/c1-14-11-15(2)16-13-19(23-18(16)12-14)21(26)24-7-9-25(10-8-24)29(27,28)20-6-4-3-5-17(20)22/h3-6,11-13,23H,7-10H2,1-2H3. The van der Waals surface area contributed by atoms with Crippen LogP contribution in [0.3, 0.4) is 0 Å². The number of piperazine rings is 1. The van der Waals surface area contributed by atoms with Gasteiger partial charge in [0.25, 0.3) is 5.91 Å². The first kappa shape index (κ1) is 19.9. The van der Waals surface area contributed by atoms with Gasteiger partial charge < -0.3 is 9.88 Å². The lowest BCUT2D eigenvalue weighted by Crippen LogP contribution is -2.50. The molecule has 1 amide bonds. The highest BCUT2D eigenvalue weighted by molar-refractivity contribution is 7.89. The van der Waals surface area contributed by atoms with E-state index in [0.29, 0.717) is 18.8 Å². The van der Waals surface area contributed by atoms with E-state index in [-0.39, 0.29) is 28.9 Å². The molecule has 0 atom stereocenters. The number of rotatable bonds is 3. The molecule has 0 bridgehead atoms. The molecule has 1 N–H and O–H groups in total. The van der Waals surface area contributed by atoms with Crippen molar-refractivity contribution in [3.05, 3.63) is 64.3 Å². The molecule has 2 heterocycles. The van der Waals surface area contributed by atoms with Gasteiger partial charge in [0.15, 0.2) is 0 Å². The molecule has 0 radical (unpaired) electrons. The maximum Gasteiger partial charge on any atom is 0.270 e. The number of hydrogen-bond acceptors (Lipinski definition) is 3. The predicted molar refractivity (Wildman–Crippen MR) is 114 cm³/mol. The van der Waals surface area contributed by atoms with Gasteiger partial charge >= 0.3 is 0 Å². The van der Waals surface area contributed by atoms with Crippen LogP contribution >= 0.6 is 11.6 Å². The van der Waals surface area contributed by atoms with Gasteiger partial charge in [-0.2, -0.15) is 4.31 Å². The lowest BCUT2D eigenvalue weighted by molar-refractivity contribution is 0.0693. The van der Waals surface area contributed by atoms with Crippen LogP contribution in [-0.2, 0) is 10.0 Å². The largest absolute Gasteiger partial charge is 0.351 e. The number of aryl methyl sites for hydroxylation is 2. The maximum atomic E-state index is 13.0. The molecule has 1 aromatic heterocycles. The number of aromatic nitrogens is 1. The number of sulfonamides is 1. The Kier molecular flexibility index (Phi) is 5.14. The summed E-state index contributed by atoms with van der Waals surface area (Å²) in [4.78, 5) is 17.9. The lowest BCUT2D eigenvalue weighted by Gasteiger charge is -2.33. The Morgan fingerprint density at radius 1 is 1.03 bits per heavy atom. The third-order valence-electron chi connectivity index (χ3n) is 5.30.